The molecule has 2 heteroatoms. The number of hydrogen-bond acceptors (Lipinski definition) is 1. The van der Waals surface area contributed by atoms with E-state index >= 15 is 0 Å². The second kappa shape index (κ2) is 3.88. The standard InChI is InChI=1S/C15H15NO/c16-15(17)12-8-11-6-3-5-10-4-1-2-7-13(10)14(11)9-12/h1-2,4,7,9H,3,5-6,8H2,(H2,16,17). The zero-order chi connectivity index (χ0) is 11.8. The summed E-state index contributed by atoms with van der Waals surface area (Å²) in [5.41, 5.74) is 11.4. The fourth-order valence-electron chi connectivity index (χ4n) is 2.80. The molecule has 2 aliphatic rings. The smallest absolute Gasteiger partial charge is 0.244 e. The Bertz CT molecular complexity index is 552. The molecule has 0 saturated heterocycles. The Balaban J connectivity index is 2.11. The van der Waals surface area contributed by atoms with Gasteiger partial charge in [-0.15, -0.1) is 0 Å². The lowest BCUT2D eigenvalue weighted by Gasteiger charge is -2.06. The molecule has 1 aromatic rings. The average Bonchev–Trinajstić information content (AvgIpc) is 2.67. The first kappa shape index (κ1) is 10.3. The summed E-state index contributed by atoms with van der Waals surface area (Å²) in [6.45, 7) is 0. The Labute approximate surface area is 101 Å². The number of benzene rings is 1. The van der Waals surface area contributed by atoms with Crippen LogP contribution in [0.5, 0.6) is 0 Å². The van der Waals surface area contributed by atoms with Crippen LogP contribution in [0.25, 0.3) is 5.57 Å². The Hall–Kier alpha value is -1.83. The third-order valence-corrected chi connectivity index (χ3v) is 3.65. The summed E-state index contributed by atoms with van der Waals surface area (Å²) >= 11 is 0. The second-order valence-electron chi connectivity index (χ2n) is 4.74. The molecular weight excluding hydrogens is 210 g/mol. The molecule has 0 fully saturated rings. The van der Waals surface area contributed by atoms with E-state index in [1.165, 1.54) is 22.3 Å². The minimum absolute atomic E-state index is 0.282. The molecule has 86 valence electrons. The van der Waals surface area contributed by atoms with Crippen LogP contribution in [-0.2, 0) is 11.2 Å². The minimum atomic E-state index is -0.282. The number of nitrogens with two attached hydrogens (primary N) is 1. The minimum Gasteiger partial charge on any atom is -0.366 e. The summed E-state index contributed by atoms with van der Waals surface area (Å²) in [5.74, 6) is -0.282. The second-order valence-corrected chi connectivity index (χ2v) is 4.74. The summed E-state index contributed by atoms with van der Waals surface area (Å²) < 4.78 is 0. The Morgan fingerprint density at radius 1 is 1.18 bits per heavy atom. The van der Waals surface area contributed by atoms with Crippen molar-refractivity contribution >= 4 is 11.5 Å². The molecule has 0 heterocycles. The van der Waals surface area contributed by atoms with E-state index in [1.54, 1.807) is 0 Å². The number of fused-ring (bicyclic) bond motifs is 2. The molecule has 0 radical (unpaired) electrons. The van der Waals surface area contributed by atoms with Crippen LogP contribution in [0.4, 0.5) is 0 Å². The molecule has 2 N–H and O–H groups in total. The predicted octanol–water partition coefficient (Wildman–Crippen LogP) is 2.59. The molecule has 3 rings (SSSR count). The fraction of sp³-hybridized carbons (Fsp3) is 0.267. The van der Waals surface area contributed by atoms with Crippen molar-refractivity contribution in [2.75, 3.05) is 0 Å². The lowest BCUT2D eigenvalue weighted by Crippen LogP contribution is -2.12. The summed E-state index contributed by atoms with van der Waals surface area (Å²) in [5, 5.41) is 0. The van der Waals surface area contributed by atoms with Gasteiger partial charge in [-0.2, -0.15) is 0 Å². The van der Waals surface area contributed by atoms with Crippen LogP contribution >= 0.6 is 0 Å². The first-order chi connectivity index (χ1) is 8.25. The van der Waals surface area contributed by atoms with E-state index in [0.29, 0.717) is 0 Å². The molecule has 0 aromatic heterocycles. The predicted molar refractivity (Wildman–Crippen MR) is 68.2 cm³/mol. The van der Waals surface area contributed by atoms with E-state index in [9.17, 15) is 4.79 Å². The van der Waals surface area contributed by atoms with E-state index in [0.717, 1.165) is 31.3 Å². The molecule has 1 amide bonds. The molecule has 0 atom stereocenters. The van der Waals surface area contributed by atoms with Crippen molar-refractivity contribution in [3.8, 4) is 0 Å². The third-order valence-electron chi connectivity index (χ3n) is 3.65. The van der Waals surface area contributed by atoms with Crippen molar-refractivity contribution in [3.63, 3.8) is 0 Å². The van der Waals surface area contributed by atoms with Crippen LogP contribution in [-0.4, -0.2) is 5.91 Å². The van der Waals surface area contributed by atoms with Gasteiger partial charge in [0.05, 0.1) is 0 Å². The van der Waals surface area contributed by atoms with E-state index < -0.39 is 0 Å². The van der Waals surface area contributed by atoms with Gasteiger partial charge in [0.2, 0.25) is 5.91 Å². The molecule has 0 unspecified atom stereocenters. The molecule has 0 spiro atoms. The molecular formula is C15H15NO. The van der Waals surface area contributed by atoms with Crippen LogP contribution in [0.2, 0.25) is 0 Å². The first-order valence-corrected chi connectivity index (χ1v) is 6.06. The van der Waals surface area contributed by atoms with Gasteiger partial charge in [-0.05, 0) is 48.5 Å². The number of amides is 1. The van der Waals surface area contributed by atoms with Crippen molar-refractivity contribution in [2.45, 2.75) is 25.7 Å². The molecule has 17 heavy (non-hydrogen) atoms. The van der Waals surface area contributed by atoms with Crippen molar-refractivity contribution in [1.82, 2.24) is 0 Å². The maximum absolute atomic E-state index is 11.3. The number of rotatable bonds is 1. The van der Waals surface area contributed by atoms with Gasteiger partial charge >= 0.3 is 0 Å². The largest absolute Gasteiger partial charge is 0.366 e. The SMILES string of the molecule is NC(=O)C1=CC2=C(CCCc3ccccc32)C1. The van der Waals surface area contributed by atoms with Crippen LogP contribution in [0.3, 0.4) is 0 Å². The van der Waals surface area contributed by atoms with Gasteiger partial charge in [-0.1, -0.05) is 29.8 Å². The van der Waals surface area contributed by atoms with Gasteiger partial charge in [-0.3, -0.25) is 4.79 Å². The molecule has 1 aromatic carbocycles. The zero-order valence-electron chi connectivity index (χ0n) is 9.70. The fourth-order valence-corrected chi connectivity index (χ4v) is 2.80. The van der Waals surface area contributed by atoms with Gasteiger partial charge in [-0.25, -0.2) is 0 Å². The van der Waals surface area contributed by atoms with Gasteiger partial charge in [0, 0.05) is 5.57 Å². The highest BCUT2D eigenvalue weighted by Crippen LogP contribution is 2.39. The maximum Gasteiger partial charge on any atom is 0.244 e. The zero-order valence-corrected chi connectivity index (χ0v) is 9.70. The van der Waals surface area contributed by atoms with Gasteiger partial charge in [0.1, 0.15) is 0 Å². The lowest BCUT2D eigenvalue weighted by atomic mass is 9.99. The normalized spacial score (nSPS) is 18.2. The average molecular weight is 225 g/mol. The summed E-state index contributed by atoms with van der Waals surface area (Å²) in [6, 6.07) is 8.47. The number of aryl methyl sites for hydroxylation is 1. The van der Waals surface area contributed by atoms with E-state index in [2.05, 4.69) is 24.3 Å². The number of carbonyl (C=O) groups excluding carboxylic acids is 1. The molecule has 0 bridgehead atoms. The van der Waals surface area contributed by atoms with Crippen molar-refractivity contribution in [3.05, 3.63) is 52.6 Å². The summed E-state index contributed by atoms with van der Waals surface area (Å²) in [6.07, 6.45) is 6.11. The van der Waals surface area contributed by atoms with Crippen LogP contribution < -0.4 is 5.73 Å². The molecule has 0 aliphatic heterocycles. The van der Waals surface area contributed by atoms with Gasteiger partial charge in [0.25, 0.3) is 0 Å². The molecule has 2 aliphatic carbocycles. The highest BCUT2D eigenvalue weighted by atomic mass is 16.1. The van der Waals surface area contributed by atoms with Crippen LogP contribution in [0.15, 0.2) is 41.5 Å². The number of hydrogen-bond donors (Lipinski definition) is 1. The lowest BCUT2D eigenvalue weighted by molar-refractivity contribution is -0.114. The van der Waals surface area contributed by atoms with Crippen LogP contribution in [0.1, 0.15) is 30.4 Å². The quantitative estimate of drug-likeness (QED) is 0.784. The van der Waals surface area contributed by atoms with Crippen molar-refractivity contribution in [1.29, 1.82) is 0 Å². The topological polar surface area (TPSA) is 43.1 Å². The van der Waals surface area contributed by atoms with E-state index in [-0.39, 0.29) is 5.91 Å². The Morgan fingerprint density at radius 3 is 2.82 bits per heavy atom. The third kappa shape index (κ3) is 1.70. The highest BCUT2D eigenvalue weighted by Gasteiger charge is 2.23. The van der Waals surface area contributed by atoms with E-state index in [4.69, 9.17) is 5.73 Å². The van der Waals surface area contributed by atoms with Crippen molar-refractivity contribution in [2.24, 2.45) is 5.73 Å². The van der Waals surface area contributed by atoms with Gasteiger partial charge < -0.3 is 5.73 Å². The Morgan fingerprint density at radius 2 is 2.00 bits per heavy atom. The van der Waals surface area contributed by atoms with E-state index in [1.807, 2.05) is 6.08 Å². The highest BCUT2D eigenvalue weighted by molar-refractivity contribution is 5.99. The van der Waals surface area contributed by atoms with Crippen molar-refractivity contribution < 1.29 is 4.79 Å². The maximum atomic E-state index is 11.3. The number of allylic oxidation sites excluding steroid dienone is 3. The first-order valence-electron chi connectivity index (χ1n) is 6.06. The summed E-state index contributed by atoms with van der Waals surface area (Å²) in [4.78, 5) is 11.3. The monoisotopic (exact) mass is 225 g/mol. The molecule has 0 saturated carbocycles. The number of primary amides is 1. The summed E-state index contributed by atoms with van der Waals surface area (Å²) in [7, 11) is 0. The van der Waals surface area contributed by atoms with Gasteiger partial charge in [0.15, 0.2) is 0 Å². The number of carbonyl (C=O) groups is 1. The molecule has 2 nitrogen and oxygen atoms in total. The Kier molecular flexibility index (Phi) is 2.36. The van der Waals surface area contributed by atoms with Crippen LogP contribution in [0, 0.1) is 0 Å².